The van der Waals surface area contributed by atoms with Gasteiger partial charge in [0.25, 0.3) is 0 Å². The van der Waals surface area contributed by atoms with Crippen molar-refractivity contribution in [2.75, 3.05) is 19.6 Å². The Kier molecular flexibility index (Phi) is 5.57. The number of hydrogen-bond acceptors (Lipinski definition) is 4. The highest BCUT2D eigenvalue weighted by Gasteiger charge is 2.24. The number of nitrogens with zero attached hydrogens (tertiary/aromatic N) is 1. The molecule has 0 bridgehead atoms. The first kappa shape index (κ1) is 14.4. The number of urea groups is 1. The predicted molar refractivity (Wildman–Crippen MR) is 64.1 cm³/mol. The summed E-state index contributed by atoms with van der Waals surface area (Å²) in [5.41, 5.74) is 0. The zero-order valence-corrected chi connectivity index (χ0v) is 10.4. The number of amides is 3. The highest BCUT2D eigenvalue weighted by molar-refractivity contribution is 5.95. The highest BCUT2D eigenvalue weighted by atomic mass is 16.4. The van der Waals surface area contributed by atoms with Gasteiger partial charge in [-0.25, -0.2) is 4.79 Å². The molecule has 3 N–H and O–H groups in total. The second kappa shape index (κ2) is 6.95. The van der Waals surface area contributed by atoms with Crippen LogP contribution in [0.15, 0.2) is 0 Å². The molecule has 1 saturated carbocycles. The molecule has 0 atom stereocenters. The van der Waals surface area contributed by atoms with Gasteiger partial charge in [-0.1, -0.05) is 6.92 Å². The van der Waals surface area contributed by atoms with Gasteiger partial charge in [-0.05, 0) is 25.8 Å². The third kappa shape index (κ3) is 6.19. The van der Waals surface area contributed by atoms with Gasteiger partial charge in [-0.15, -0.1) is 0 Å². The fraction of sp³-hybridized carbons (Fsp3) is 0.727. The number of carbonyl (C=O) groups excluding carboxylic acids is 2. The average molecular weight is 257 g/mol. The molecule has 1 aliphatic rings. The van der Waals surface area contributed by atoms with Crippen LogP contribution < -0.4 is 10.6 Å². The molecule has 0 heterocycles. The lowest BCUT2D eigenvalue weighted by Gasteiger charge is -2.18. The van der Waals surface area contributed by atoms with Crippen LogP contribution in [0.4, 0.5) is 4.79 Å². The molecule has 0 aliphatic heterocycles. The lowest BCUT2D eigenvalue weighted by atomic mass is 10.4. The fourth-order valence-corrected chi connectivity index (χ4v) is 1.54. The minimum absolute atomic E-state index is 0.0851. The van der Waals surface area contributed by atoms with E-state index in [0.29, 0.717) is 6.54 Å². The summed E-state index contributed by atoms with van der Waals surface area (Å²) < 4.78 is 0. The molecule has 7 heteroatoms. The number of nitrogens with one attached hydrogen (secondary N) is 2. The Morgan fingerprint density at radius 1 is 1.28 bits per heavy atom. The molecule has 1 fully saturated rings. The maximum atomic E-state index is 11.5. The summed E-state index contributed by atoms with van der Waals surface area (Å²) in [4.78, 5) is 34.9. The molecule has 3 amide bonds. The molecule has 102 valence electrons. The molecule has 18 heavy (non-hydrogen) atoms. The number of aliphatic carboxylic acids is 1. The van der Waals surface area contributed by atoms with Gasteiger partial charge in [-0.3, -0.25) is 19.8 Å². The molecule has 0 saturated heterocycles. The monoisotopic (exact) mass is 257 g/mol. The molecule has 1 aliphatic carbocycles. The first-order valence-corrected chi connectivity index (χ1v) is 6.05. The highest BCUT2D eigenvalue weighted by Crippen LogP contribution is 2.18. The van der Waals surface area contributed by atoms with E-state index < -0.39 is 17.9 Å². The van der Waals surface area contributed by atoms with Gasteiger partial charge in [-0.2, -0.15) is 0 Å². The van der Waals surface area contributed by atoms with Crippen molar-refractivity contribution in [3.8, 4) is 0 Å². The summed E-state index contributed by atoms with van der Waals surface area (Å²) in [7, 11) is 0. The summed E-state index contributed by atoms with van der Waals surface area (Å²) in [6, 6.07) is -0.321. The van der Waals surface area contributed by atoms with E-state index in [-0.39, 0.29) is 19.1 Å². The first-order valence-electron chi connectivity index (χ1n) is 6.05. The van der Waals surface area contributed by atoms with Crippen LogP contribution >= 0.6 is 0 Å². The number of carbonyl (C=O) groups is 3. The molecule has 0 spiro atoms. The molecule has 0 aromatic heterocycles. The van der Waals surface area contributed by atoms with Gasteiger partial charge in [0.05, 0.1) is 13.1 Å². The third-order valence-corrected chi connectivity index (χ3v) is 2.43. The molecular weight excluding hydrogens is 238 g/mol. The zero-order valence-electron chi connectivity index (χ0n) is 10.4. The minimum atomic E-state index is -0.987. The van der Waals surface area contributed by atoms with E-state index in [0.717, 1.165) is 19.3 Å². The second-order valence-corrected chi connectivity index (χ2v) is 4.40. The van der Waals surface area contributed by atoms with Gasteiger partial charge in [0.2, 0.25) is 5.91 Å². The van der Waals surface area contributed by atoms with Crippen molar-refractivity contribution < 1.29 is 19.5 Å². The number of carboxylic acid groups (broad SMARTS) is 1. The fourth-order valence-electron chi connectivity index (χ4n) is 1.54. The summed E-state index contributed by atoms with van der Waals surface area (Å²) in [5, 5.41) is 13.5. The van der Waals surface area contributed by atoms with Crippen molar-refractivity contribution in [3.63, 3.8) is 0 Å². The Bertz CT molecular complexity index is 328. The number of rotatable bonds is 7. The lowest BCUT2D eigenvalue weighted by molar-refractivity contribution is -0.138. The van der Waals surface area contributed by atoms with Gasteiger partial charge < -0.3 is 10.4 Å². The van der Waals surface area contributed by atoms with Gasteiger partial charge in [0.1, 0.15) is 0 Å². The van der Waals surface area contributed by atoms with E-state index in [4.69, 9.17) is 5.11 Å². The topological polar surface area (TPSA) is 98.7 Å². The van der Waals surface area contributed by atoms with Crippen molar-refractivity contribution >= 4 is 17.9 Å². The Morgan fingerprint density at radius 2 is 1.94 bits per heavy atom. The molecule has 0 radical (unpaired) electrons. The number of imide groups is 1. The smallest absolute Gasteiger partial charge is 0.321 e. The normalized spacial score (nSPS) is 14.3. The van der Waals surface area contributed by atoms with E-state index in [1.54, 1.807) is 0 Å². The van der Waals surface area contributed by atoms with Gasteiger partial charge >= 0.3 is 12.0 Å². The van der Waals surface area contributed by atoms with Crippen LogP contribution in [0, 0.1) is 0 Å². The predicted octanol–water partition coefficient (Wildman–Crippen LogP) is -0.229. The van der Waals surface area contributed by atoms with Crippen LogP contribution in [0.25, 0.3) is 0 Å². The molecule has 0 aromatic carbocycles. The Morgan fingerprint density at radius 3 is 2.44 bits per heavy atom. The molecule has 7 nitrogen and oxygen atoms in total. The van der Waals surface area contributed by atoms with Crippen molar-refractivity contribution in [1.82, 2.24) is 15.5 Å². The number of hydrogen-bond donors (Lipinski definition) is 3. The van der Waals surface area contributed by atoms with Gasteiger partial charge in [0.15, 0.2) is 0 Å². The average Bonchev–Trinajstić information content (AvgIpc) is 3.00. The van der Waals surface area contributed by atoms with Crippen LogP contribution in [-0.4, -0.2) is 53.6 Å². The van der Waals surface area contributed by atoms with Crippen molar-refractivity contribution in [2.24, 2.45) is 0 Å². The minimum Gasteiger partial charge on any atom is -0.480 e. The SMILES string of the molecule is CCCN(CC(=O)O)CC(=O)NC(=O)NC1CC1. The van der Waals surface area contributed by atoms with Crippen LogP contribution in [0.2, 0.25) is 0 Å². The van der Waals surface area contributed by atoms with E-state index in [1.165, 1.54) is 4.90 Å². The lowest BCUT2D eigenvalue weighted by Crippen LogP contribution is -2.46. The maximum absolute atomic E-state index is 11.5. The third-order valence-electron chi connectivity index (χ3n) is 2.43. The van der Waals surface area contributed by atoms with Crippen LogP contribution in [-0.2, 0) is 9.59 Å². The standard InChI is InChI=1S/C11H19N3O4/c1-2-5-14(7-10(16)17)6-9(15)13-11(18)12-8-3-4-8/h8H,2-7H2,1H3,(H,16,17)(H2,12,13,15,18). The van der Waals surface area contributed by atoms with Crippen LogP contribution in [0.5, 0.6) is 0 Å². The van der Waals surface area contributed by atoms with Gasteiger partial charge in [0, 0.05) is 6.04 Å². The van der Waals surface area contributed by atoms with Crippen molar-refractivity contribution in [3.05, 3.63) is 0 Å². The summed E-state index contributed by atoms with van der Waals surface area (Å²) in [5.74, 6) is -1.47. The van der Waals surface area contributed by atoms with E-state index in [1.807, 2.05) is 6.92 Å². The summed E-state index contributed by atoms with van der Waals surface area (Å²) >= 11 is 0. The molecular formula is C11H19N3O4. The maximum Gasteiger partial charge on any atom is 0.321 e. The zero-order chi connectivity index (χ0) is 13.5. The van der Waals surface area contributed by atoms with E-state index >= 15 is 0 Å². The van der Waals surface area contributed by atoms with Crippen molar-refractivity contribution in [1.29, 1.82) is 0 Å². The van der Waals surface area contributed by atoms with Crippen LogP contribution in [0.3, 0.4) is 0 Å². The number of carboxylic acids is 1. The molecule has 0 unspecified atom stereocenters. The van der Waals surface area contributed by atoms with E-state index in [2.05, 4.69) is 10.6 Å². The largest absolute Gasteiger partial charge is 0.480 e. The summed E-state index contributed by atoms with van der Waals surface area (Å²) in [6.45, 7) is 2.11. The summed E-state index contributed by atoms with van der Waals surface area (Å²) in [6.07, 6.45) is 2.64. The Balaban J connectivity index is 2.29. The Hall–Kier alpha value is -1.63. The Labute approximate surface area is 106 Å². The van der Waals surface area contributed by atoms with Crippen LogP contribution in [0.1, 0.15) is 26.2 Å². The second-order valence-electron chi connectivity index (χ2n) is 4.40. The van der Waals surface area contributed by atoms with Crippen molar-refractivity contribution in [2.45, 2.75) is 32.2 Å². The molecule has 1 rings (SSSR count). The molecule has 0 aromatic rings. The first-order chi connectivity index (χ1) is 8.51. The quantitative estimate of drug-likeness (QED) is 0.585. The van der Waals surface area contributed by atoms with E-state index in [9.17, 15) is 14.4 Å².